The molecular weight excluding hydrogens is 204 g/mol. The summed E-state index contributed by atoms with van der Waals surface area (Å²) in [7, 11) is 0. The third kappa shape index (κ3) is 2.17. The second-order valence-corrected chi connectivity index (χ2v) is 4.11. The maximum absolute atomic E-state index is 12.1. The van der Waals surface area contributed by atoms with Crippen molar-refractivity contribution in [3.8, 4) is 0 Å². The van der Waals surface area contributed by atoms with Crippen molar-refractivity contribution >= 4 is 11.6 Å². The van der Waals surface area contributed by atoms with E-state index < -0.39 is 0 Å². The zero-order valence-electron chi connectivity index (χ0n) is 9.10. The van der Waals surface area contributed by atoms with Crippen LogP contribution < -0.4 is 5.73 Å². The number of carbonyl (C=O) groups excluding carboxylic acids is 1. The number of likely N-dealkylation sites (tertiary alicyclic amines) is 1. The van der Waals surface area contributed by atoms with Gasteiger partial charge in [0.25, 0.3) is 5.91 Å². The summed E-state index contributed by atoms with van der Waals surface area (Å²) >= 11 is 0. The van der Waals surface area contributed by atoms with Crippen LogP contribution in [-0.4, -0.2) is 35.1 Å². The van der Waals surface area contributed by atoms with Crippen molar-refractivity contribution in [2.45, 2.75) is 18.9 Å². The number of aliphatic hydroxyl groups excluding tert-OH is 1. The first kappa shape index (κ1) is 11.0. The van der Waals surface area contributed by atoms with Crippen LogP contribution in [0.3, 0.4) is 0 Å². The number of hydrogen-bond acceptors (Lipinski definition) is 3. The first-order valence-corrected chi connectivity index (χ1v) is 5.50. The van der Waals surface area contributed by atoms with Gasteiger partial charge in [0, 0.05) is 18.8 Å². The predicted octanol–water partition coefficient (Wildman–Crippen LogP) is 0.866. The maximum Gasteiger partial charge on any atom is 0.255 e. The fourth-order valence-electron chi connectivity index (χ4n) is 1.93. The van der Waals surface area contributed by atoms with E-state index >= 15 is 0 Å². The van der Waals surface area contributed by atoms with E-state index in [1.165, 1.54) is 0 Å². The van der Waals surface area contributed by atoms with E-state index in [4.69, 9.17) is 5.73 Å². The Morgan fingerprint density at radius 2 is 1.94 bits per heavy atom. The van der Waals surface area contributed by atoms with Crippen LogP contribution in [0.4, 0.5) is 5.69 Å². The van der Waals surface area contributed by atoms with Gasteiger partial charge in [0.15, 0.2) is 0 Å². The van der Waals surface area contributed by atoms with Crippen molar-refractivity contribution in [3.05, 3.63) is 29.8 Å². The van der Waals surface area contributed by atoms with Gasteiger partial charge < -0.3 is 15.7 Å². The minimum atomic E-state index is -0.267. The van der Waals surface area contributed by atoms with Gasteiger partial charge in [-0.15, -0.1) is 0 Å². The summed E-state index contributed by atoms with van der Waals surface area (Å²) in [6, 6.07) is 7.09. The van der Waals surface area contributed by atoms with Gasteiger partial charge in [0.2, 0.25) is 0 Å². The molecule has 0 bridgehead atoms. The minimum absolute atomic E-state index is 0.0370. The number of anilines is 1. The Hall–Kier alpha value is -1.55. The molecule has 0 atom stereocenters. The molecule has 1 fully saturated rings. The zero-order valence-corrected chi connectivity index (χ0v) is 9.10. The lowest BCUT2D eigenvalue weighted by atomic mass is 10.1. The van der Waals surface area contributed by atoms with Gasteiger partial charge in [-0.1, -0.05) is 12.1 Å². The first-order valence-electron chi connectivity index (χ1n) is 5.50. The second kappa shape index (κ2) is 4.53. The number of nitrogens with zero attached hydrogens (tertiary/aromatic N) is 1. The van der Waals surface area contributed by atoms with Crippen LogP contribution in [-0.2, 0) is 0 Å². The second-order valence-electron chi connectivity index (χ2n) is 4.11. The number of nitrogen functional groups attached to an aromatic ring is 1. The van der Waals surface area contributed by atoms with Crippen molar-refractivity contribution in [2.24, 2.45) is 0 Å². The van der Waals surface area contributed by atoms with Crippen LogP contribution in [0.2, 0.25) is 0 Å². The van der Waals surface area contributed by atoms with E-state index in [9.17, 15) is 9.90 Å². The van der Waals surface area contributed by atoms with E-state index in [0.717, 1.165) is 0 Å². The van der Waals surface area contributed by atoms with Crippen LogP contribution in [0.15, 0.2) is 24.3 Å². The Morgan fingerprint density at radius 3 is 2.56 bits per heavy atom. The van der Waals surface area contributed by atoms with E-state index in [1.807, 2.05) is 12.1 Å². The highest BCUT2D eigenvalue weighted by Crippen LogP contribution is 2.17. The Labute approximate surface area is 94.7 Å². The topological polar surface area (TPSA) is 66.6 Å². The molecule has 0 aliphatic carbocycles. The number of benzene rings is 1. The summed E-state index contributed by atoms with van der Waals surface area (Å²) in [5.41, 5.74) is 6.83. The van der Waals surface area contributed by atoms with Crippen LogP contribution >= 0.6 is 0 Å². The maximum atomic E-state index is 12.1. The van der Waals surface area contributed by atoms with Crippen molar-refractivity contribution in [3.63, 3.8) is 0 Å². The van der Waals surface area contributed by atoms with Gasteiger partial charge >= 0.3 is 0 Å². The molecule has 4 heteroatoms. The van der Waals surface area contributed by atoms with E-state index in [-0.39, 0.29) is 12.0 Å². The largest absolute Gasteiger partial charge is 0.398 e. The molecule has 1 aliphatic heterocycles. The smallest absolute Gasteiger partial charge is 0.255 e. The van der Waals surface area contributed by atoms with Gasteiger partial charge in [-0.2, -0.15) is 0 Å². The monoisotopic (exact) mass is 220 g/mol. The normalized spacial score (nSPS) is 17.4. The highest BCUT2D eigenvalue weighted by atomic mass is 16.3. The predicted molar refractivity (Wildman–Crippen MR) is 62.0 cm³/mol. The average Bonchev–Trinajstić information content (AvgIpc) is 2.30. The summed E-state index contributed by atoms with van der Waals surface area (Å²) < 4.78 is 0. The van der Waals surface area contributed by atoms with Crippen LogP contribution in [0.25, 0.3) is 0 Å². The van der Waals surface area contributed by atoms with Gasteiger partial charge in [-0.25, -0.2) is 0 Å². The molecule has 1 saturated heterocycles. The third-order valence-electron chi connectivity index (χ3n) is 2.94. The lowest BCUT2D eigenvalue weighted by Crippen LogP contribution is -2.40. The summed E-state index contributed by atoms with van der Waals surface area (Å²) in [6.45, 7) is 1.21. The van der Waals surface area contributed by atoms with E-state index in [0.29, 0.717) is 37.2 Å². The van der Waals surface area contributed by atoms with Gasteiger partial charge in [-0.3, -0.25) is 4.79 Å². The number of carbonyl (C=O) groups is 1. The molecule has 1 aliphatic rings. The molecule has 1 heterocycles. The quantitative estimate of drug-likeness (QED) is 0.690. The fraction of sp³-hybridized carbons (Fsp3) is 0.417. The number of hydrogen-bond donors (Lipinski definition) is 2. The number of para-hydroxylation sites is 1. The molecule has 4 nitrogen and oxygen atoms in total. The molecule has 86 valence electrons. The molecule has 1 aromatic carbocycles. The van der Waals surface area contributed by atoms with E-state index in [2.05, 4.69) is 0 Å². The SMILES string of the molecule is Nc1ccccc1C(=O)N1CCC(O)CC1. The molecule has 0 unspecified atom stereocenters. The van der Waals surface area contributed by atoms with Gasteiger partial charge in [-0.05, 0) is 25.0 Å². The summed E-state index contributed by atoms with van der Waals surface area (Å²) in [5.74, 6) is -0.0370. The first-order chi connectivity index (χ1) is 7.68. The number of aliphatic hydroxyl groups is 1. The molecule has 0 saturated carbocycles. The van der Waals surface area contributed by atoms with Crippen molar-refractivity contribution in [1.82, 2.24) is 4.90 Å². The van der Waals surface area contributed by atoms with Crippen LogP contribution in [0.1, 0.15) is 23.2 Å². The third-order valence-corrected chi connectivity index (χ3v) is 2.94. The molecule has 0 aromatic heterocycles. The molecule has 16 heavy (non-hydrogen) atoms. The minimum Gasteiger partial charge on any atom is -0.398 e. The lowest BCUT2D eigenvalue weighted by molar-refractivity contribution is 0.0547. The number of rotatable bonds is 1. The standard InChI is InChI=1S/C12H16N2O2/c13-11-4-2-1-3-10(11)12(16)14-7-5-9(15)6-8-14/h1-4,9,15H,5-8,13H2. The summed E-state index contributed by atoms with van der Waals surface area (Å²) in [5, 5.41) is 9.37. The number of piperidine rings is 1. The van der Waals surface area contributed by atoms with E-state index in [1.54, 1.807) is 17.0 Å². The Balaban J connectivity index is 2.11. The average molecular weight is 220 g/mol. The van der Waals surface area contributed by atoms with Crippen LogP contribution in [0.5, 0.6) is 0 Å². The van der Waals surface area contributed by atoms with Crippen LogP contribution in [0, 0.1) is 0 Å². The molecule has 0 spiro atoms. The van der Waals surface area contributed by atoms with Crippen molar-refractivity contribution in [2.75, 3.05) is 18.8 Å². The van der Waals surface area contributed by atoms with Crippen molar-refractivity contribution < 1.29 is 9.90 Å². The highest BCUT2D eigenvalue weighted by Gasteiger charge is 2.23. The molecule has 1 aromatic rings. The summed E-state index contributed by atoms with van der Waals surface area (Å²) in [4.78, 5) is 13.8. The van der Waals surface area contributed by atoms with Crippen molar-refractivity contribution in [1.29, 1.82) is 0 Å². The molecular formula is C12H16N2O2. The Morgan fingerprint density at radius 1 is 1.31 bits per heavy atom. The Kier molecular flexibility index (Phi) is 3.10. The Bertz CT molecular complexity index is 384. The number of nitrogens with two attached hydrogens (primary N) is 1. The molecule has 3 N–H and O–H groups in total. The zero-order chi connectivity index (χ0) is 11.5. The van der Waals surface area contributed by atoms with Gasteiger partial charge in [0.05, 0.1) is 11.7 Å². The number of amides is 1. The highest BCUT2D eigenvalue weighted by molar-refractivity contribution is 5.99. The summed E-state index contributed by atoms with van der Waals surface area (Å²) in [6.07, 6.45) is 1.04. The molecule has 1 amide bonds. The lowest BCUT2D eigenvalue weighted by Gasteiger charge is -2.29. The van der Waals surface area contributed by atoms with Gasteiger partial charge in [0.1, 0.15) is 0 Å². The fourth-order valence-corrected chi connectivity index (χ4v) is 1.93. The molecule has 0 radical (unpaired) electrons. The molecule has 2 rings (SSSR count).